The quantitative estimate of drug-likeness (QED) is 0.473. The zero-order valence-corrected chi connectivity index (χ0v) is 9.44. The summed E-state index contributed by atoms with van der Waals surface area (Å²) in [5, 5.41) is -0.387. The molecule has 0 aliphatic rings. The van der Waals surface area contributed by atoms with Gasteiger partial charge >= 0.3 is 5.97 Å². The van der Waals surface area contributed by atoms with Gasteiger partial charge in [0.05, 0.1) is 5.25 Å². The molecule has 0 aliphatic carbocycles. The van der Waals surface area contributed by atoms with Crippen LogP contribution in [0.15, 0.2) is 30.3 Å². The number of thiol groups is 1. The molecule has 1 unspecified atom stereocenters. The zero-order chi connectivity index (χ0) is 11.1. The van der Waals surface area contributed by atoms with E-state index in [1.165, 1.54) is 0 Å². The van der Waals surface area contributed by atoms with Gasteiger partial charge in [0, 0.05) is 0 Å². The summed E-state index contributed by atoms with van der Waals surface area (Å²) in [5.41, 5.74) is 0. The molecule has 3 nitrogen and oxygen atoms in total. The molecule has 15 heavy (non-hydrogen) atoms. The van der Waals surface area contributed by atoms with Crippen LogP contribution in [0.25, 0.3) is 0 Å². The third kappa shape index (κ3) is 4.74. The van der Waals surface area contributed by atoms with E-state index in [0.717, 1.165) is 5.75 Å². The third-order valence-electron chi connectivity index (χ3n) is 1.68. The van der Waals surface area contributed by atoms with E-state index in [1.54, 1.807) is 6.92 Å². The highest BCUT2D eigenvalue weighted by atomic mass is 32.1. The van der Waals surface area contributed by atoms with E-state index < -0.39 is 0 Å². The summed E-state index contributed by atoms with van der Waals surface area (Å²) in [6, 6.07) is 9.38. The summed E-state index contributed by atoms with van der Waals surface area (Å²) >= 11 is 3.95. The van der Waals surface area contributed by atoms with Crippen molar-refractivity contribution in [1.82, 2.24) is 0 Å². The Morgan fingerprint density at radius 1 is 1.33 bits per heavy atom. The summed E-state index contributed by atoms with van der Waals surface area (Å²) in [4.78, 5) is 11.0. The standard InChI is InChI=1S/C11H14O3S/c1-9(15)11(12)14-8-7-13-10-5-3-2-4-6-10/h2-6,9,15H,7-8H2,1H3. The highest BCUT2D eigenvalue weighted by molar-refractivity contribution is 7.81. The fourth-order valence-corrected chi connectivity index (χ4v) is 1.01. The molecule has 0 fully saturated rings. The number of ether oxygens (including phenoxy) is 2. The average molecular weight is 226 g/mol. The molecule has 0 heterocycles. The van der Waals surface area contributed by atoms with Gasteiger partial charge in [-0.1, -0.05) is 18.2 Å². The molecule has 1 aromatic rings. The van der Waals surface area contributed by atoms with Crippen LogP contribution in [0.5, 0.6) is 5.75 Å². The third-order valence-corrected chi connectivity index (χ3v) is 1.89. The number of para-hydroxylation sites is 1. The lowest BCUT2D eigenvalue weighted by molar-refractivity contribution is -0.143. The number of hydrogen-bond donors (Lipinski definition) is 1. The maximum Gasteiger partial charge on any atom is 0.318 e. The van der Waals surface area contributed by atoms with Crippen LogP contribution in [0.4, 0.5) is 0 Å². The number of carbonyl (C=O) groups excluding carboxylic acids is 1. The van der Waals surface area contributed by atoms with Gasteiger partial charge in [-0.25, -0.2) is 0 Å². The molecule has 0 bridgehead atoms. The summed E-state index contributed by atoms with van der Waals surface area (Å²) in [6.07, 6.45) is 0. The maximum atomic E-state index is 11.0. The van der Waals surface area contributed by atoms with E-state index in [1.807, 2.05) is 30.3 Å². The summed E-state index contributed by atoms with van der Waals surface area (Å²) < 4.78 is 10.2. The van der Waals surface area contributed by atoms with Crippen molar-refractivity contribution in [2.75, 3.05) is 13.2 Å². The van der Waals surface area contributed by atoms with Gasteiger partial charge in [0.25, 0.3) is 0 Å². The predicted molar refractivity (Wildman–Crippen MR) is 61.3 cm³/mol. The van der Waals surface area contributed by atoms with Gasteiger partial charge in [-0.3, -0.25) is 4.79 Å². The van der Waals surface area contributed by atoms with Crippen molar-refractivity contribution in [1.29, 1.82) is 0 Å². The molecule has 0 N–H and O–H groups in total. The minimum Gasteiger partial charge on any atom is -0.490 e. The van der Waals surface area contributed by atoms with Crippen molar-refractivity contribution in [3.63, 3.8) is 0 Å². The van der Waals surface area contributed by atoms with E-state index in [9.17, 15) is 4.79 Å². The van der Waals surface area contributed by atoms with Gasteiger partial charge in [-0.05, 0) is 19.1 Å². The molecule has 0 aromatic heterocycles. The molecule has 1 rings (SSSR count). The smallest absolute Gasteiger partial charge is 0.318 e. The van der Waals surface area contributed by atoms with Crippen LogP contribution in [0.1, 0.15) is 6.92 Å². The Balaban J connectivity index is 2.15. The van der Waals surface area contributed by atoms with Crippen LogP contribution in [0.2, 0.25) is 0 Å². The molecule has 0 saturated heterocycles. The second-order valence-electron chi connectivity index (χ2n) is 3.00. The Bertz CT molecular complexity index is 298. The molecule has 0 radical (unpaired) electrons. The van der Waals surface area contributed by atoms with Crippen molar-refractivity contribution < 1.29 is 14.3 Å². The lowest BCUT2D eigenvalue weighted by atomic mass is 10.3. The lowest BCUT2D eigenvalue weighted by Crippen LogP contribution is -2.18. The zero-order valence-electron chi connectivity index (χ0n) is 8.55. The van der Waals surface area contributed by atoms with Crippen molar-refractivity contribution >= 4 is 18.6 Å². The fraction of sp³-hybridized carbons (Fsp3) is 0.364. The Morgan fingerprint density at radius 3 is 2.60 bits per heavy atom. The monoisotopic (exact) mass is 226 g/mol. The first kappa shape index (κ1) is 11.9. The molecule has 0 saturated carbocycles. The lowest BCUT2D eigenvalue weighted by Gasteiger charge is -2.08. The highest BCUT2D eigenvalue weighted by Crippen LogP contribution is 2.07. The minimum atomic E-state index is -0.387. The second kappa shape index (κ2) is 6.35. The molecule has 1 aromatic carbocycles. The van der Waals surface area contributed by atoms with Crippen LogP contribution in [0, 0.1) is 0 Å². The van der Waals surface area contributed by atoms with Crippen LogP contribution in [-0.4, -0.2) is 24.4 Å². The van der Waals surface area contributed by atoms with Gasteiger partial charge in [-0.2, -0.15) is 12.6 Å². The van der Waals surface area contributed by atoms with Crippen LogP contribution < -0.4 is 4.74 Å². The Kier molecular flexibility index (Phi) is 5.04. The van der Waals surface area contributed by atoms with Crippen molar-refractivity contribution in [2.45, 2.75) is 12.2 Å². The van der Waals surface area contributed by atoms with E-state index in [4.69, 9.17) is 9.47 Å². The average Bonchev–Trinajstić information content (AvgIpc) is 2.25. The fourth-order valence-electron chi connectivity index (χ4n) is 0.939. The van der Waals surface area contributed by atoms with Crippen LogP contribution >= 0.6 is 12.6 Å². The normalized spacial score (nSPS) is 11.9. The van der Waals surface area contributed by atoms with Gasteiger partial charge in [0.15, 0.2) is 0 Å². The Morgan fingerprint density at radius 2 is 2.00 bits per heavy atom. The first-order chi connectivity index (χ1) is 7.20. The van der Waals surface area contributed by atoms with Crippen molar-refractivity contribution in [3.8, 4) is 5.75 Å². The van der Waals surface area contributed by atoms with Gasteiger partial charge in [0.2, 0.25) is 0 Å². The van der Waals surface area contributed by atoms with E-state index >= 15 is 0 Å². The SMILES string of the molecule is CC(S)C(=O)OCCOc1ccccc1. The number of benzene rings is 1. The topological polar surface area (TPSA) is 35.5 Å². The Labute approximate surface area is 94.8 Å². The maximum absolute atomic E-state index is 11.0. The highest BCUT2D eigenvalue weighted by Gasteiger charge is 2.08. The molecular weight excluding hydrogens is 212 g/mol. The summed E-state index contributed by atoms with van der Waals surface area (Å²) in [5.74, 6) is 0.447. The number of carbonyl (C=O) groups is 1. The van der Waals surface area contributed by atoms with E-state index in [2.05, 4.69) is 12.6 Å². The molecule has 0 amide bonds. The predicted octanol–water partition coefficient (Wildman–Crippen LogP) is 1.93. The summed E-state index contributed by atoms with van der Waals surface area (Å²) in [6.45, 7) is 2.28. The first-order valence-corrected chi connectivity index (χ1v) is 5.24. The van der Waals surface area contributed by atoms with Crippen molar-refractivity contribution in [2.24, 2.45) is 0 Å². The number of rotatable bonds is 5. The molecule has 0 aliphatic heterocycles. The summed E-state index contributed by atoms with van der Waals surface area (Å²) in [7, 11) is 0. The molecular formula is C11H14O3S. The minimum absolute atomic E-state index is 0.249. The molecule has 1 atom stereocenters. The number of esters is 1. The largest absolute Gasteiger partial charge is 0.490 e. The van der Waals surface area contributed by atoms with Crippen molar-refractivity contribution in [3.05, 3.63) is 30.3 Å². The van der Waals surface area contributed by atoms with E-state index in [0.29, 0.717) is 6.61 Å². The van der Waals surface area contributed by atoms with Gasteiger partial charge in [-0.15, -0.1) is 0 Å². The Hall–Kier alpha value is -1.16. The molecule has 0 spiro atoms. The number of hydrogen-bond acceptors (Lipinski definition) is 4. The molecule has 4 heteroatoms. The molecule has 82 valence electrons. The van der Waals surface area contributed by atoms with Crippen LogP contribution in [-0.2, 0) is 9.53 Å². The second-order valence-corrected chi connectivity index (χ2v) is 3.78. The van der Waals surface area contributed by atoms with E-state index in [-0.39, 0.29) is 17.8 Å². The van der Waals surface area contributed by atoms with Gasteiger partial charge < -0.3 is 9.47 Å². The van der Waals surface area contributed by atoms with Crippen LogP contribution in [0.3, 0.4) is 0 Å². The van der Waals surface area contributed by atoms with Gasteiger partial charge in [0.1, 0.15) is 19.0 Å². The first-order valence-electron chi connectivity index (χ1n) is 4.72.